The van der Waals surface area contributed by atoms with Crippen LogP contribution >= 0.6 is 0 Å². The minimum Gasteiger partial charge on any atom is -0.444 e. The summed E-state index contributed by atoms with van der Waals surface area (Å²) in [4.78, 5) is 11.9. The fourth-order valence-electron chi connectivity index (χ4n) is 2.72. The lowest BCUT2D eigenvalue weighted by molar-refractivity contribution is 0.0504. The number of alkyl carbamates (subject to hydrolysis) is 1. The van der Waals surface area contributed by atoms with Crippen molar-refractivity contribution in [1.29, 1.82) is 0 Å². The van der Waals surface area contributed by atoms with Crippen LogP contribution in [0.15, 0.2) is 12.1 Å². The van der Waals surface area contributed by atoms with Gasteiger partial charge in [-0.1, -0.05) is 24.6 Å². The fraction of sp³-hybridized carbons (Fsp3) is 0.632. The summed E-state index contributed by atoms with van der Waals surface area (Å²) >= 11 is 0. The molecule has 0 saturated carbocycles. The van der Waals surface area contributed by atoms with Crippen LogP contribution in [-0.4, -0.2) is 24.8 Å². The first-order valence-corrected chi connectivity index (χ1v) is 8.19. The van der Waals surface area contributed by atoms with Crippen molar-refractivity contribution in [3.8, 4) is 0 Å². The quantitative estimate of drug-likeness (QED) is 0.870. The second-order valence-electron chi connectivity index (χ2n) is 7.92. The first-order valence-electron chi connectivity index (χ1n) is 8.19. The van der Waals surface area contributed by atoms with Gasteiger partial charge in [0.2, 0.25) is 0 Å². The number of amides is 1. The van der Waals surface area contributed by atoms with E-state index in [9.17, 15) is 4.79 Å². The van der Waals surface area contributed by atoms with E-state index in [-0.39, 0.29) is 5.41 Å². The molecular weight excluding hydrogens is 288 g/mol. The van der Waals surface area contributed by atoms with Crippen LogP contribution in [0.5, 0.6) is 0 Å². The van der Waals surface area contributed by atoms with Crippen molar-refractivity contribution in [3.63, 3.8) is 0 Å². The number of ether oxygens (including phenoxy) is 1. The summed E-state index contributed by atoms with van der Waals surface area (Å²) in [5.41, 5.74) is 10.4. The molecule has 0 bridgehead atoms. The number of hydrogen-bond acceptors (Lipinski definition) is 3. The van der Waals surface area contributed by atoms with E-state index in [2.05, 4.69) is 45.1 Å². The van der Waals surface area contributed by atoms with Gasteiger partial charge in [0.1, 0.15) is 5.60 Å². The number of carbonyl (C=O) groups is 1. The maximum Gasteiger partial charge on any atom is 0.407 e. The Morgan fingerprint density at radius 2 is 1.65 bits per heavy atom. The van der Waals surface area contributed by atoms with Crippen LogP contribution in [0, 0.1) is 26.2 Å². The zero-order valence-electron chi connectivity index (χ0n) is 15.7. The van der Waals surface area contributed by atoms with E-state index in [1.54, 1.807) is 0 Å². The zero-order valence-corrected chi connectivity index (χ0v) is 15.7. The van der Waals surface area contributed by atoms with Gasteiger partial charge in [0.05, 0.1) is 0 Å². The number of hydrogen-bond donors (Lipinski definition) is 2. The molecule has 4 nitrogen and oxygen atoms in total. The highest BCUT2D eigenvalue weighted by atomic mass is 16.6. The largest absolute Gasteiger partial charge is 0.444 e. The van der Waals surface area contributed by atoms with Crippen molar-refractivity contribution in [3.05, 3.63) is 34.4 Å². The molecule has 1 aromatic rings. The van der Waals surface area contributed by atoms with Crippen LogP contribution in [-0.2, 0) is 11.2 Å². The first kappa shape index (κ1) is 19.5. The second kappa shape index (κ2) is 7.35. The van der Waals surface area contributed by atoms with Crippen molar-refractivity contribution in [1.82, 2.24) is 5.32 Å². The maximum absolute atomic E-state index is 11.9. The van der Waals surface area contributed by atoms with Crippen molar-refractivity contribution in [2.24, 2.45) is 11.1 Å². The van der Waals surface area contributed by atoms with E-state index in [0.29, 0.717) is 13.1 Å². The number of carbonyl (C=O) groups excluding carboxylic acids is 1. The summed E-state index contributed by atoms with van der Waals surface area (Å²) in [7, 11) is 0. The maximum atomic E-state index is 11.9. The fourth-order valence-corrected chi connectivity index (χ4v) is 2.72. The Hall–Kier alpha value is -1.55. The standard InChI is InChI=1S/C19H32N2O2/c1-13-8-14(2)16(15(3)9-13)10-19(7,11-20)12-21-17(22)23-18(4,5)6/h8-9H,10-12,20H2,1-7H3,(H,21,22). The van der Waals surface area contributed by atoms with Crippen LogP contribution in [0.3, 0.4) is 0 Å². The molecule has 0 fully saturated rings. The van der Waals surface area contributed by atoms with E-state index in [0.717, 1.165) is 6.42 Å². The Morgan fingerprint density at radius 3 is 2.09 bits per heavy atom. The molecule has 0 spiro atoms. The second-order valence-corrected chi connectivity index (χ2v) is 7.92. The molecule has 4 heteroatoms. The molecule has 130 valence electrons. The zero-order chi connectivity index (χ0) is 17.8. The number of rotatable bonds is 5. The highest BCUT2D eigenvalue weighted by molar-refractivity contribution is 5.67. The molecule has 0 aliphatic heterocycles. The van der Waals surface area contributed by atoms with Gasteiger partial charge in [-0.05, 0) is 71.2 Å². The molecule has 1 amide bonds. The lowest BCUT2D eigenvalue weighted by Gasteiger charge is -2.30. The van der Waals surface area contributed by atoms with Gasteiger partial charge in [-0.25, -0.2) is 4.79 Å². The van der Waals surface area contributed by atoms with Crippen LogP contribution in [0.25, 0.3) is 0 Å². The Bertz CT molecular complexity index is 538. The van der Waals surface area contributed by atoms with E-state index >= 15 is 0 Å². The van der Waals surface area contributed by atoms with Crippen molar-refractivity contribution < 1.29 is 9.53 Å². The minimum atomic E-state index is -0.493. The third-order valence-electron chi connectivity index (χ3n) is 4.00. The number of nitrogens with one attached hydrogen (secondary N) is 1. The summed E-state index contributed by atoms with van der Waals surface area (Å²) in [6.45, 7) is 15.0. The predicted octanol–water partition coefficient (Wildman–Crippen LogP) is 3.64. The van der Waals surface area contributed by atoms with Crippen LogP contribution in [0.2, 0.25) is 0 Å². The first-order chi connectivity index (χ1) is 10.5. The molecule has 0 aliphatic rings. The van der Waals surface area contributed by atoms with Crippen molar-refractivity contribution in [2.75, 3.05) is 13.1 Å². The molecule has 0 saturated heterocycles. The van der Waals surface area contributed by atoms with Gasteiger partial charge in [0, 0.05) is 12.0 Å². The summed E-state index contributed by atoms with van der Waals surface area (Å²) in [5.74, 6) is 0. The van der Waals surface area contributed by atoms with E-state index in [1.807, 2.05) is 20.8 Å². The van der Waals surface area contributed by atoms with Gasteiger partial charge in [0.25, 0.3) is 0 Å². The minimum absolute atomic E-state index is 0.207. The monoisotopic (exact) mass is 320 g/mol. The molecule has 0 heterocycles. The van der Waals surface area contributed by atoms with Crippen LogP contribution in [0.1, 0.15) is 49.9 Å². The summed E-state index contributed by atoms with van der Waals surface area (Å²) in [6, 6.07) is 4.39. The average molecular weight is 320 g/mol. The summed E-state index contributed by atoms with van der Waals surface area (Å²) < 4.78 is 5.30. The molecule has 3 N–H and O–H groups in total. The van der Waals surface area contributed by atoms with Gasteiger partial charge < -0.3 is 15.8 Å². The molecule has 0 radical (unpaired) electrons. The third kappa shape index (κ3) is 6.22. The molecule has 0 aromatic heterocycles. The van der Waals surface area contributed by atoms with Gasteiger partial charge in [0.15, 0.2) is 0 Å². The smallest absolute Gasteiger partial charge is 0.407 e. The van der Waals surface area contributed by atoms with E-state index in [4.69, 9.17) is 10.5 Å². The predicted molar refractivity (Wildman–Crippen MR) is 95.8 cm³/mol. The number of benzene rings is 1. The molecule has 1 unspecified atom stereocenters. The van der Waals surface area contributed by atoms with Gasteiger partial charge in [-0.2, -0.15) is 0 Å². The Balaban J connectivity index is 2.81. The summed E-state index contributed by atoms with van der Waals surface area (Å²) in [6.07, 6.45) is 0.437. The topological polar surface area (TPSA) is 64.3 Å². The van der Waals surface area contributed by atoms with E-state index < -0.39 is 11.7 Å². The van der Waals surface area contributed by atoms with Crippen LogP contribution < -0.4 is 11.1 Å². The lowest BCUT2D eigenvalue weighted by atomic mass is 9.80. The number of nitrogens with two attached hydrogens (primary N) is 1. The van der Waals surface area contributed by atoms with Gasteiger partial charge in [-0.15, -0.1) is 0 Å². The molecular formula is C19H32N2O2. The molecule has 0 aliphatic carbocycles. The van der Waals surface area contributed by atoms with Crippen molar-refractivity contribution in [2.45, 2.75) is 60.5 Å². The third-order valence-corrected chi connectivity index (χ3v) is 4.00. The van der Waals surface area contributed by atoms with Crippen molar-refractivity contribution >= 4 is 6.09 Å². The van der Waals surface area contributed by atoms with Gasteiger partial charge >= 0.3 is 6.09 Å². The van der Waals surface area contributed by atoms with Gasteiger partial charge in [-0.3, -0.25) is 0 Å². The molecule has 23 heavy (non-hydrogen) atoms. The Kier molecular flexibility index (Phi) is 6.23. The Morgan fingerprint density at radius 1 is 1.13 bits per heavy atom. The molecule has 1 rings (SSSR count). The normalized spacial score (nSPS) is 14.3. The Labute approximate surface area is 140 Å². The van der Waals surface area contributed by atoms with E-state index in [1.165, 1.54) is 22.3 Å². The summed E-state index contributed by atoms with van der Waals surface area (Å²) in [5, 5.41) is 2.86. The van der Waals surface area contributed by atoms with Crippen LogP contribution in [0.4, 0.5) is 4.79 Å². The highest BCUT2D eigenvalue weighted by Crippen LogP contribution is 2.26. The molecule has 1 aromatic carbocycles. The highest BCUT2D eigenvalue weighted by Gasteiger charge is 2.26. The molecule has 1 atom stereocenters. The SMILES string of the molecule is Cc1cc(C)c(CC(C)(CN)CNC(=O)OC(C)(C)C)c(C)c1. The number of aryl methyl sites for hydroxylation is 3. The average Bonchev–Trinajstić information content (AvgIpc) is 2.39. The lowest BCUT2D eigenvalue weighted by Crippen LogP contribution is -2.43.